The predicted molar refractivity (Wildman–Crippen MR) is 73.5 cm³/mol. The van der Waals surface area contributed by atoms with Crippen LogP contribution in [0.15, 0.2) is 0 Å². The summed E-state index contributed by atoms with van der Waals surface area (Å²) in [5.41, 5.74) is -0.774. The van der Waals surface area contributed by atoms with Gasteiger partial charge in [0.25, 0.3) is 0 Å². The summed E-state index contributed by atoms with van der Waals surface area (Å²) in [6, 6.07) is 0.0264. The van der Waals surface area contributed by atoms with Crippen LogP contribution in [0.3, 0.4) is 0 Å². The van der Waals surface area contributed by atoms with Crippen molar-refractivity contribution in [3.05, 3.63) is 0 Å². The molecule has 0 spiro atoms. The number of urea groups is 1. The summed E-state index contributed by atoms with van der Waals surface area (Å²) in [6.45, 7) is 2.83. The van der Waals surface area contributed by atoms with Crippen molar-refractivity contribution >= 4 is 12.0 Å². The molecule has 1 saturated heterocycles. The minimum atomic E-state index is -0.791. The van der Waals surface area contributed by atoms with Gasteiger partial charge in [0.15, 0.2) is 0 Å². The van der Waals surface area contributed by atoms with Crippen molar-refractivity contribution in [2.75, 3.05) is 20.2 Å². The summed E-state index contributed by atoms with van der Waals surface area (Å²) in [4.78, 5) is 25.3. The molecule has 2 amide bonds. The summed E-state index contributed by atoms with van der Waals surface area (Å²) in [7, 11) is 1.68. The normalized spacial score (nSPS) is 33.4. The lowest BCUT2D eigenvalue weighted by Crippen LogP contribution is -2.56. The van der Waals surface area contributed by atoms with Gasteiger partial charge in [0.2, 0.25) is 0 Å². The first-order chi connectivity index (χ1) is 9.50. The van der Waals surface area contributed by atoms with Crippen molar-refractivity contribution in [1.29, 1.82) is 0 Å². The number of rotatable bonds is 4. The van der Waals surface area contributed by atoms with E-state index in [0.717, 1.165) is 19.3 Å². The molecule has 2 aliphatic rings. The highest BCUT2D eigenvalue weighted by atomic mass is 16.5. The lowest BCUT2D eigenvalue weighted by Gasteiger charge is -2.41. The van der Waals surface area contributed by atoms with Gasteiger partial charge in [-0.25, -0.2) is 4.79 Å². The molecule has 6 nitrogen and oxygen atoms in total. The molecule has 0 aromatic rings. The number of carboxylic acid groups (broad SMARTS) is 1. The number of nitrogens with one attached hydrogen (secondary N) is 1. The lowest BCUT2D eigenvalue weighted by molar-refractivity contribution is -0.152. The van der Waals surface area contributed by atoms with Crippen LogP contribution in [-0.2, 0) is 9.53 Å². The molecule has 2 fully saturated rings. The maximum Gasteiger partial charge on any atom is 0.317 e. The summed E-state index contributed by atoms with van der Waals surface area (Å²) in [6.07, 6.45) is 3.88. The van der Waals surface area contributed by atoms with Crippen LogP contribution in [0, 0.1) is 5.41 Å². The molecule has 20 heavy (non-hydrogen) atoms. The van der Waals surface area contributed by atoms with Crippen molar-refractivity contribution in [1.82, 2.24) is 10.2 Å². The van der Waals surface area contributed by atoms with Crippen LogP contribution in [0.2, 0.25) is 0 Å². The highest BCUT2D eigenvalue weighted by molar-refractivity contribution is 5.79. The quantitative estimate of drug-likeness (QED) is 0.819. The van der Waals surface area contributed by atoms with Gasteiger partial charge >= 0.3 is 12.0 Å². The Balaban J connectivity index is 1.88. The monoisotopic (exact) mass is 284 g/mol. The van der Waals surface area contributed by atoms with Gasteiger partial charge in [0.1, 0.15) is 0 Å². The molecule has 1 saturated carbocycles. The van der Waals surface area contributed by atoms with E-state index >= 15 is 0 Å². The van der Waals surface area contributed by atoms with Gasteiger partial charge in [-0.3, -0.25) is 4.79 Å². The Bertz CT molecular complexity index is 381. The van der Waals surface area contributed by atoms with Crippen LogP contribution in [0.4, 0.5) is 4.79 Å². The minimum absolute atomic E-state index is 0.136. The average molecular weight is 284 g/mol. The summed E-state index contributed by atoms with van der Waals surface area (Å²) in [5.74, 6) is -0.791. The number of carbonyl (C=O) groups excluding carboxylic acids is 1. The SMILES string of the molecule is CCC1(C(=O)O)CCCN(C(=O)NC2CC(OC)C2)C1. The molecule has 1 unspecified atom stereocenters. The molecule has 1 atom stereocenters. The predicted octanol–water partition coefficient (Wildman–Crippen LogP) is 1.45. The average Bonchev–Trinajstić information content (AvgIpc) is 2.41. The van der Waals surface area contributed by atoms with Crippen LogP contribution in [-0.4, -0.2) is 54.4 Å². The van der Waals surface area contributed by atoms with Crippen molar-refractivity contribution in [3.8, 4) is 0 Å². The zero-order chi connectivity index (χ0) is 14.8. The van der Waals surface area contributed by atoms with Gasteiger partial charge < -0.3 is 20.1 Å². The maximum absolute atomic E-state index is 12.2. The van der Waals surface area contributed by atoms with E-state index in [2.05, 4.69) is 5.32 Å². The van der Waals surface area contributed by atoms with E-state index < -0.39 is 11.4 Å². The summed E-state index contributed by atoms with van der Waals surface area (Å²) < 4.78 is 5.18. The molecule has 1 aliphatic heterocycles. The molecule has 114 valence electrons. The number of methoxy groups -OCH3 is 1. The number of carbonyl (C=O) groups is 2. The molecule has 1 heterocycles. The third kappa shape index (κ3) is 2.90. The van der Waals surface area contributed by atoms with Crippen LogP contribution >= 0.6 is 0 Å². The second-order valence-corrected chi connectivity index (χ2v) is 5.94. The van der Waals surface area contributed by atoms with E-state index in [1.165, 1.54) is 0 Å². The number of ether oxygens (including phenoxy) is 1. The van der Waals surface area contributed by atoms with E-state index in [9.17, 15) is 14.7 Å². The first kappa shape index (κ1) is 15.1. The van der Waals surface area contributed by atoms with Crippen molar-refractivity contribution in [2.24, 2.45) is 5.41 Å². The van der Waals surface area contributed by atoms with E-state index in [1.54, 1.807) is 12.0 Å². The zero-order valence-electron chi connectivity index (χ0n) is 12.2. The number of hydrogen-bond acceptors (Lipinski definition) is 3. The number of hydrogen-bond donors (Lipinski definition) is 2. The largest absolute Gasteiger partial charge is 0.481 e. The van der Waals surface area contributed by atoms with Gasteiger partial charge in [-0.2, -0.15) is 0 Å². The Morgan fingerprint density at radius 2 is 2.15 bits per heavy atom. The summed E-state index contributed by atoms with van der Waals surface area (Å²) >= 11 is 0. The Morgan fingerprint density at radius 1 is 1.45 bits per heavy atom. The Hall–Kier alpha value is -1.30. The molecule has 2 rings (SSSR count). The molecule has 6 heteroatoms. The highest BCUT2D eigenvalue weighted by Crippen LogP contribution is 2.34. The minimum Gasteiger partial charge on any atom is -0.481 e. The molecule has 0 bridgehead atoms. The first-order valence-electron chi connectivity index (χ1n) is 7.32. The molecule has 2 N–H and O–H groups in total. The lowest BCUT2D eigenvalue weighted by atomic mass is 9.78. The molecule has 0 radical (unpaired) electrons. The van der Waals surface area contributed by atoms with Crippen LogP contribution < -0.4 is 5.32 Å². The van der Waals surface area contributed by atoms with Gasteiger partial charge in [-0.1, -0.05) is 6.92 Å². The van der Waals surface area contributed by atoms with Gasteiger partial charge in [0, 0.05) is 26.2 Å². The number of likely N-dealkylation sites (tertiary alicyclic amines) is 1. The maximum atomic E-state index is 12.2. The van der Waals surface area contributed by atoms with E-state index in [4.69, 9.17) is 4.74 Å². The molecular weight excluding hydrogens is 260 g/mol. The second kappa shape index (κ2) is 5.99. The molecular formula is C14H24N2O4. The third-order valence-corrected chi connectivity index (χ3v) is 4.75. The number of carboxylic acids is 1. The number of nitrogens with zero attached hydrogens (tertiary/aromatic N) is 1. The third-order valence-electron chi connectivity index (χ3n) is 4.75. The van der Waals surface area contributed by atoms with E-state index in [0.29, 0.717) is 25.9 Å². The zero-order valence-corrected chi connectivity index (χ0v) is 12.2. The molecule has 0 aromatic carbocycles. The van der Waals surface area contributed by atoms with Crippen LogP contribution in [0.1, 0.15) is 39.0 Å². The standard InChI is InChI=1S/C14H24N2O4/c1-3-14(12(17)18)5-4-6-16(9-14)13(19)15-10-7-11(8-10)20-2/h10-11H,3-9H2,1-2H3,(H,15,19)(H,17,18). The summed E-state index contributed by atoms with van der Waals surface area (Å²) in [5, 5.41) is 12.4. The fraction of sp³-hybridized carbons (Fsp3) is 0.857. The van der Waals surface area contributed by atoms with Crippen molar-refractivity contribution in [2.45, 2.75) is 51.2 Å². The number of aliphatic carboxylic acids is 1. The van der Waals surface area contributed by atoms with Gasteiger partial charge in [-0.15, -0.1) is 0 Å². The molecule has 1 aliphatic carbocycles. The fourth-order valence-corrected chi connectivity index (χ4v) is 3.06. The van der Waals surface area contributed by atoms with Crippen molar-refractivity contribution in [3.63, 3.8) is 0 Å². The highest BCUT2D eigenvalue weighted by Gasteiger charge is 2.42. The Kier molecular flexibility index (Phi) is 4.52. The number of piperidine rings is 1. The fourth-order valence-electron chi connectivity index (χ4n) is 3.06. The molecule has 0 aromatic heterocycles. The van der Waals surface area contributed by atoms with E-state index in [-0.39, 0.29) is 18.2 Å². The second-order valence-electron chi connectivity index (χ2n) is 5.94. The van der Waals surface area contributed by atoms with Crippen LogP contribution in [0.25, 0.3) is 0 Å². The topological polar surface area (TPSA) is 78.9 Å². The van der Waals surface area contributed by atoms with E-state index in [1.807, 2.05) is 6.92 Å². The first-order valence-corrected chi connectivity index (χ1v) is 7.32. The van der Waals surface area contributed by atoms with Gasteiger partial charge in [-0.05, 0) is 32.1 Å². The van der Waals surface area contributed by atoms with Crippen molar-refractivity contribution < 1.29 is 19.4 Å². The number of amides is 2. The van der Waals surface area contributed by atoms with Crippen LogP contribution in [0.5, 0.6) is 0 Å². The van der Waals surface area contributed by atoms with Gasteiger partial charge in [0.05, 0.1) is 11.5 Å². The Labute approximate surface area is 119 Å². The Morgan fingerprint density at radius 3 is 2.70 bits per heavy atom. The smallest absolute Gasteiger partial charge is 0.317 e.